The van der Waals surface area contributed by atoms with Crippen LogP contribution < -0.4 is 4.90 Å². The normalized spacial score (nSPS) is 18.9. The maximum absolute atomic E-state index is 10.5. The SMILES string of the molecule is CN(c1ccc(/C=C/C(=O)O)c(Cl)c1)C1CCSC1. The molecular formula is C14H16ClNO2S. The number of aliphatic carboxylic acids is 1. The number of hydrogen-bond donors (Lipinski definition) is 1. The molecule has 0 aliphatic carbocycles. The van der Waals surface area contributed by atoms with E-state index in [0.29, 0.717) is 11.1 Å². The lowest BCUT2D eigenvalue weighted by Gasteiger charge is -2.26. The molecule has 1 aromatic carbocycles. The van der Waals surface area contributed by atoms with Gasteiger partial charge in [-0.1, -0.05) is 17.7 Å². The highest BCUT2D eigenvalue weighted by molar-refractivity contribution is 7.99. The summed E-state index contributed by atoms with van der Waals surface area (Å²) in [6.45, 7) is 0. The molecule has 3 nitrogen and oxygen atoms in total. The van der Waals surface area contributed by atoms with Gasteiger partial charge in [0.05, 0.1) is 0 Å². The Labute approximate surface area is 122 Å². The molecule has 1 fully saturated rings. The number of carbonyl (C=O) groups is 1. The molecule has 1 saturated heterocycles. The van der Waals surface area contributed by atoms with Gasteiger partial charge in [0, 0.05) is 35.6 Å². The summed E-state index contributed by atoms with van der Waals surface area (Å²) >= 11 is 8.16. The van der Waals surface area contributed by atoms with Crippen molar-refractivity contribution in [3.05, 3.63) is 34.9 Å². The van der Waals surface area contributed by atoms with Crippen molar-refractivity contribution in [1.82, 2.24) is 0 Å². The number of thioether (sulfide) groups is 1. The van der Waals surface area contributed by atoms with Gasteiger partial charge in [0.15, 0.2) is 0 Å². The number of rotatable bonds is 4. The van der Waals surface area contributed by atoms with Crippen LogP contribution in [0.2, 0.25) is 5.02 Å². The van der Waals surface area contributed by atoms with E-state index in [1.54, 1.807) is 0 Å². The van der Waals surface area contributed by atoms with Gasteiger partial charge in [-0.3, -0.25) is 0 Å². The van der Waals surface area contributed by atoms with Crippen LogP contribution in [-0.4, -0.2) is 35.7 Å². The van der Waals surface area contributed by atoms with Crippen LogP contribution in [0.5, 0.6) is 0 Å². The van der Waals surface area contributed by atoms with Crippen LogP contribution in [0.4, 0.5) is 5.69 Å². The topological polar surface area (TPSA) is 40.5 Å². The lowest BCUT2D eigenvalue weighted by atomic mass is 10.1. The van der Waals surface area contributed by atoms with E-state index in [0.717, 1.165) is 23.1 Å². The van der Waals surface area contributed by atoms with Crippen LogP contribution in [0, 0.1) is 0 Å². The molecule has 0 aromatic heterocycles. The minimum absolute atomic E-state index is 0.557. The summed E-state index contributed by atoms with van der Waals surface area (Å²) in [7, 11) is 2.08. The molecule has 1 unspecified atom stereocenters. The summed E-state index contributed by atoms with van der Waals surface area (Å²) in [4.78, 5) is 12.7. The third kappa shape index (κ3) is 3.67. The smallest absolute Gasteiger partial charge is 0.328 e. The number of carboxylic acid groups (broad SMARTS) is 1. The van der Waals surface area contributed by atoms with Crippen molar-refractivity contribution in [2.24, 2.45) is 0 Å². The van der Waals surface area contributed by atoms with Crippen LogP contribution in [0.3, 0.4) is 0 Å². The third-order valence-electron chi connectivity index (χ3n) is 3.25. The predicted octanol–water partition coefficient (Wildman–Crippen LogP) is 3.38. The minimum atomic E-state index is -0.972. The number of anilines is 1. The van der Waals surface area contributed by atoms with Gasteiger partial charge in [-0.25, -0.2) is 4.79 Å². The molecule has 0 radical (unpaired) electrons. The second-order valence-corrected chi connectivity index (χ2v) is 6.06. The van der Waals surface area contributed by atoms with Crippen molar-refractivity contribution in [2.75, 3.05) is 23.5 Å². The lowest BCUT2D eigenvalue weighted by Crippen LogP contribution is -2.31. The lowest BCUT2D eigenvalue weighted by molar-refractivity contribution is -0.131. The summed E-state index contributed by atoms with van der Waals surface area (Å²) in [5.41, 5.74) is 1.80. The van der Waals surface area contributed by atoms with Crippen molar-refractivity contribution in [3.63, 3.8) is 0 Å². The maximum Gasteiger partial charge on any atom is 0.328 e. The molecule has 1 atom stereocenters. The Morgan fingerprint density at radius 2 is 2.37 bits per heavy atom. The molecule has 0 bridgehead atoms. The van der Waals surface area contributed by atoms with Gasteiger partial charge in [0.1, 0.15) is 0 Å². The Morgan fingerprint density at radius 3 is 2.95 bits per heavy atom. The summed E-state index contributed by atoms with van der Waals surface area (Å²) < 4.78 is 0. The van der Waals surface area contributed by atoms with Gasteiger partial charge >= 0.3 is 5.97 Å². The molecule has 19 heavy (non-hydrogen) atoms. The molecule has 1 N–H and O–H groups in total. The van der Waals surface area contributed by atoms with Gasteiger partial charge in [-0.15, -0.1) is 0 Å². The molecule has 102 valence electrons. The number of benzene rings is 1. The predicted molar refractivity (Wildman–Crippen MR) is 82.3 cm³/mol. The van der Waals surface area contributed by atoms with E-state index in [1.807, 2.05) is 30.0 Å². The quantitative estimate of drug-likeness (QED) is 0.865. The molecule has 1 aromatic rings. The molecule has 0 saturated carbocycles. The number of hydrogen-bond acceptors (Lipinski definition) is 3. The fraction of sp³-hybridized carbons (Fsp3) is 0.357. The van der Waals surface area contributed by atoms with Crippen LogP contribution in [0.1, 0.15) is 12.0 Å². The molecule has 1 heterocycles. The summed E-state index contributed by atoms with van der Waals surface area (Å²) in [5, 5.41) is 9.19. The third-order valence-corrected chi connectivity index (χ3v) is 4.72. The van der Waals surface area contributed by atoms with E-state index in [4.69, 9.17) is 16.7 Å². The van der Waals surface area contributed by atoms with Gasteiger partial charge in [-0.2, -0.15) is 11.8 Å². The number of halogens is 1. The van der Waals surface area contributed by atoms with Crippen molar-refractivity contribution >= 4 is 41.1 Å². The minimum Gasteiger partial charge on any atom is -0.478 e. The zero-order valence-electron chi connectivity index (χ0n) is 10.7. The first-order valence-corrected chi connectivity index (χ1v) is 7.62. The van der Waals surface area contributed by atoms with Gasteiger partial charge in [-0.05, 0) is 35.9 Å². The number of nitrogens with zero attached hydrogens (tertiary/aromatic N) is 1. The highest BCUT2D eigenvalue weighted by Crippen LogP contribution is 2.29. The molecule has 1 aliphatic heterocycles. The summed E-state index contributed by atoms with van der Waals surface area (Å²) in [6, 6.07) is 6.29. The molecule has 0 spiro atoms. The molecular weight excluding hydrogens is 282 g/mol. The van der Waals surface area contributed by atoms with E-state index in [9.17, 15) is 4.79 Å². The highest BCUT2D eigenvalue weighted by Gasteiger charge is 2.20. The van der Waals surface area contributed by atoms with Crippen LogP contribution in [-0.2, 0) is 4.79 Å². The van der Waals surface area contributed by atoms with E-state index in [2.05, 4.69) is 11.9 Å². The van der Waals surface area contributed by atoms with Gasteiger partial charge in [0.2, 0.25) is 0 Å². The fourth-order valence-electron chi connectivity index (χ4n) is 2.07. The molecule has 2 rings (SSSR count). The summed E-state index contributed by atoms with van der Waals surface area (Å²) in [6.07, 6.45) is 3.80. The Hall–Kier alpha value is -1.13. The largest absolute Gasteiger partial charge is 0.478 e. The molecule has 1 aliphatic rings. The Bertz CT molecular complexity index is 498. The summed E-state index contributed by atoms with van der Waals surface area (Å²) in [5.74, 6) is 1.39. The Kier molecular flexibility index (Phi) is 4.77. The average Bonchev–Trinajstić information content (AvgIpc) is 2.90. The van der Waals surface area contributed by atoms with E-state index < -0.39 is 5.97 Å². The van der Waals surface area contributed by atoms with Gasteiger partial charge < -0.3 is 10.0 Å². The van der Waals surface area contributed by atoms with Crippen molar-refractivity contribution in [3.8, 4) is 0 Å². The standard InChI is InChI=1S/C14H16ClNO2S/c1-16(12-6-7-19-9-12)11-4-2-10(13(15)8-11)3-5-14(17)18/h2-5,8,12H,6-7,9H2,1H3,(H,17,18)/b5-3+. The maximum atomic E-state index is 10.5. The Balaban J connectivity index is 2.15. The monoisotopic (exact) mass is 297 g/mol. The zero-order chi connectivity index (χ0) is 13.8. The highest BCUT2D eigenvalue weighted by atomic mass is 35.5. The van der Waals surface area contributed by atoms with Crippen LogP contribution >= 0.6 is 23.4 Å². The van der Waals surface area contributed by atoms with Gasteiger partial charge in [0.25, 0.3) is 0 Å². The average molecular weight is 298 g/mol. The second kappa shape index (κ2) is 6.35. The van der Waals surface area contributed by atoms with Crippen molar-refractivity contribution in [1.29, 1.82) is 0 Å². The van der Waals surface area contributed by atoms with E-state index >= 15 is 0 Å². The first-order chi connectivity index (χ1) is 9.08. The first kappa shape index (κ1) is 14.3. The number of carboxylic acids is 1. The van der Waals surface area contributed by atoms with Crippen molar-refractivity contribution in [2.45, 2.75) is 12.5 Å². The molecule has 5 heteroatoms. The van der Waals surface area contributed by atoms with Crippen molar-refractivity contribution < 1.29 is 9.90 Å². The van der Waals surface area contributed by atoms with Crippen LogP contribution in [0.25, 0.3) is 6.08 Å². The van der Waals surface area contributed by atoms with E-state index in [1.165, 1.54) is 18.2 Å². The fourth-order valence-corrected chi connectivity index (χ4v) is 3.58. The Morgan fingerprint density at radius 1 is 1.58 bits per heavy atom. The second-order valence-electron chi connectivity index (χ2n) is 4.51. The van der Waals surface area contributed by atoms with E-state index in [-0.39, 0.29) is 0 Å². The van der Waals surface area contributed by atoms with Crippen LogP contribution in [0.15, 0.2) is 24.3 Å². The zero-order valence-corrected chi connectivity index (χ0v) is 12.2. The first-order valence-electron chi connectivity index (χ1n) is 6.09. The molecule has 0 amide bonds.